The van der Waals surface area contributed by atoms with Gasteiger partial charge in [0.25, 0.3) is 10.2 Å². The van der Waals surface area contributed by atoms with Crippen LogP contribution >= 0.6 is 0 Å². The van der Waals surface area contributed by atoms with Crippen molar-refractivity contribution >= 4 is 21.2 Å². The van der Waals surface area contributed by atoms with Gasteiger partial charge >= 0.3 is 0 Å². The Kier molecular flexibility index (Phi) is 6.88. The molecule has 1 saturated heterocycles. The van der Waals surface area contributed by atoms with Crippen molar-refractivity contribution in [3.63, 3.8) is 0 Å². The lowest BCUT2D eigenvalue weighted by atomic mass is 10.1. The number of benzene rings is 1. The third-order valence-electron chi connectivity index (χ3n) is 5.21. The van der Waals surface area contributed by atoms with Crippen LogP contribution in [0.25, 0.3) is 22.3 Å². The summed E-state index contributed by atoms with van der Waals surface area (Å²) in [5.41, 5.74) is 2.50. The number of nitrogens with one attached hydrogen (secondary N) is 1. The molecule has 0 saturated carbocycles. The Morgan fingerprint density at radius 3 is 2.70 bits per heavy atom. The topological polar surface area (TPSA) is 125 Å². The monoisotopic (exact) mass is 475 g/mol. The molecule has 0 spiro atoms. The maximum Gasteiger partial charge on any atom is 0.279 e. The van der Waals surface area contributed by atoms with Crippen molar-refractivity contribution in [2.45, 2.75) is 6.10 Å². The fourth-order valence-electron chi connectivity index (χ4n) is 3.50. The van der Waals surface area contributed by atoms with Crippen molar-refractivity contribution in [1.29, 1.82) is 0 Å². The second-order valence-corrected chi connectivity index (χ2v) is 9.05. The summed E-state index contributed by atoms with van der Waals surface area (Å²) in [6.07, 6.45) is 2.70. The van der Waals surface area contributed by atoms with E-state index in [2.05, 4.69) is 19.7 Å². The van der Waals surface area contributed by atoms with Crippen LogP contribution in [0.3, 0.4) is 0 Å². The summed E-state index contributed by atoms with van der Waals surface area (Å²) in [7, 11) is 0.980. The highest BCUT2D eigenvalue weighted by atomic mass is 32.2. The van der Waals surface area contributed by atoms with Crippen LogP contribution in [0.15, 0.2) is 36.7 Å². The fraction of sp³-hybridized carbons (Fsp3) is 0.381. The number of fused-ring (bicyclic) bond motifs is 1. The highest BCUT2D eigenvalue weighted by molar-refractivity contribution is 7.87. The van der Waals surface area contributed by atoms with Gasteiger partial charge in [0.2, 0.25) is 5.88 Å². The Morgan fingerprint density at radius 2 is 1.94 bits per heavy atom. The summed E-state index contributed by atoms with van der Waals surface area (Å²) >= 11 is 0. The molecule has 1 fully saturated rings. The smallest absolute Gasteiger partial charge is 0.279 e. The predicted octanol–water partition coefficient (Wildman–Crippen LogP) is 1.25. The number of morpholine rings is 1. The lowest BCUT2D eigenvalue weighted by molar-refractivity contribution is -0.0256. The SMILES string of the molecule is CNS(=O)(=O)N1CCOC(COc2nc(-c3ccc(OC)c(OC)c3)cc3nccnc23)C1. The van der Waals surface area contributed by atoms with Crippen LogP contribution in [0.4, 0.5) is 0 Å². The van der Waals surface area contributed by atoms with Gasteiger partial charge in [-0.3, -0.25) is 4.98 Å². The molecule has 1 unspecified atom stereocenters. The summed E-state index contributed by atoms with van der Waals surface area (Å²) in [6, 6.07) is 7.29. The van der Waals surface area contributed by atoms with E-state index >= 15 is 0 Å². The van der Waals surface area contributed by atoms with Gasteiger partial charge in [-0.25, -0.2) is 14.7 Å². The largest absolute Gasteiger partial charge is 0.493 e. The van der Waals surface area contributed by atoms with Gasteiger partial charge < -0.3 is 18.9 Å². The van der Waals surface area contributed by atoms with Gasteiger partial charge in [-0.15, -0.1) is 0 Å². The van der Waals surface area contributed by atoms with Gasteiger partial charge in [-0.05, 0) is 24.3 Å². The Bertz CT molecular complexity index is 1240. The van der Waals surface area contributed by atoms with Crippen LogP contribution in [-0.4, -0.2) is 81.3 Å². The first-order chi connectivity index (χ1) is 15.9. The maximum atomic E-state index is 12.1. The molecule has 3 aromatic rings. The van der Waals surface area contributed by atoms with Crippen molar-refractivity contribution in [2.24, 2.45) is 0 Å². The summed E-state index contributed by atoms with van der Waals surface area (Å²) in [5, 5.41) is 0. The number of aromatic nitrogens is 3. The Morgan fingerprint density at radius 1 is 1.15 bits per heavy atom. The minimum absolute atomic E-state index is 0.101. The lowest BCUT2D eigenvalue weighted by Crippen LogP contribution is -2.50. The van der Waals surface area contributed by atoms with E-state index in [1.807, 2.05) is 18.2 Å². The Hall–Kier alpha value is -3.06. The van der Waals surface area contributed by atoms with E-state index in [-0.39, 0.29) is 32.2 Å². The molecule has 1 aliphatic heterocycles. The van der Waals surface area contributed by atoms with Gasteiger partial charge in [0.1, 0.15) is 12.7 Å². The molecule has 1 aromatic carbocycles. The minimum atomic E-state index is -3.54. The molecular weight excluding hydrogens is 450 g/mol. The van der Waals surface area contributed by atoms with Crippen LogP contribution in [0.1, 0.15) is 0 Å². The number of ether oxygens (including phenoxy) is 4. The third kappa shape index (κ3) is 4.98. The molecule has 2 aromatic heterocycles. The molecule has 0 radical (unpaired) electrons. The van der Waals surface area contributed by atoms with Gasteiger partial charge in [0.15, 0.2) is 17.0 Å². The standard InChI is InChI=1S/C21H25N5O6S/c1-22-33(27,28)26-8-9-31-15(12-26)13-32-21-20-17(23-6-7-24-20)11-16(25-21)14-4-5-18(29-2)19(10-14)30-3/h4-7,10-11,15,22H,8-9,12-13H2,1-3H3. The van der Waals surface area contributed by atoms with Gasteiger partial charge in [-0.2, -0.15) is 12.7 Å². The zero-order valence-corrected chi connectivity index (χ0v) is 19.3. The quantitative estimate of drug-likeness (QED) is 0.512. The van der Waals surface area contributed by atoms with Gasteiger partial charge in [-0.1, -0.05) is 0 Å². The first kappa shape index (κ1) is 23.1. The normalized spacial score (nSPS) is 17.1. The number of pyridine rings is 1. The van der Waals surface area contributed by atoms with E-state index in [0.717, 1.165) is 5.56 Å². The van der Waals surface area contributed by atoms with Crippen molar-refractivity contribution in [2.75, 3.05) is 47.6 Å². The van der Waals surface area contributed by atoms with E-state index in [9.17, 15) is 8.42 Å². The van der Waals surface area contributed by atoms with Crippen molar-refractivity contribution in [3.05, 3.63) is 36.7 Å². The molecule has 176 valence electrons. The van der Waals surface area contributed by atoms with Crippen LogP contribution in [-0.2, 0) is 14.9 Å². The van der Waals surface area contributed by atoms with Crippen LogP contribution in [0, 0.1) is 0 Å². The van der Waals surface area contributed by atoms with Crippen molar-refractivity contribution in [3.8, 4) is 28.6 Å². The molecule has 3 heterocycles. The van der Waals surface area contributed by atoms with E-state index in [0.29, 0.717) is 28.2 Å². The lowest BCUT2D eigenvalue weighted by Gasteiger charge is -2.31. The highest BCUT2D eigenvalue weighted by Gasteiger charge is 2.29. The van der Waals surface area contributed by atoms with Gasteiger partial charge in [0, 0.05) is 38.1 Å². The molecule has 33 heavy (non-hydrogen) atoms. The molecule has 0 amide bonds. The number of methoxy groups -OCH3 is 2. The predicted molar refractivity (Wildman–Crippen MR) is 121 cm³/mol. The molecule has 12 heteroatoms. The molecule has 1 atom stereocenters. The average molecular weight is 476 g/mol. The van der Waals surface area contributed by atoms with Crippen molar-refractivity contribution in [1.82, 2.24) is 24.0 Å². The summed E-state index contributed by atoms with van der Waals surface area (Å²) in [6.45, 7) is 0.821. The zero-order chi connectivity index (χ0) is 23.4. The molecule has 1 aliphatic rings. The summed E-state index contributed by atoms with van der Waals surface area (Å²) in [4.78, 5) is 13.4. The Balaban J connectivity index is 1.61. The van der Waals surface area contributed by atoms with Crippen LogP contribution < -0.4 is 18.9 Å². The fourth-order valence-corrected chi connectivity index (χ4v) is 4.44. The number of nitrogens with zero attached hydrogens (tertiary/aromatic N) is 4. The average Bonchev–Trinajstić information content (AvgIpc) is 2.86. The number of rotatable bonds is 8. The minimum Gasteiger partial charge on any atom is -0.493 e. The summed E-state index contributed by atoms with van der Waals surface area (Å²) < 4.78 is 50.3. The van der Waals surface area contributed by atoms with Gasteiger partial charge in [0.05, 0.1) is 32.0 Å². The van der Waals surface area contributed by atoms with Crippen LogP contribution in [0.2, 0.25) is 0 Å². The first-order valence-electron chi connectivity index (χ1n) is 10.2. The third-order valence-corrected chi connectivity index (χ3v) is 6.74. The van der Waals surface area contributed by atoms with E-state index < -0.39 is 16.3 Å². The second-order valence-electron chi connectivity index (χ2n) is 7.18. The van der Waals surface area contributed by atoms with Crippen molar-refractivity contribution < 1.29 is 27.4 Å². The molecular formula is C21H25N5O6S. The number of hydrogen-bond donors (Lipinski definition) is 1. The maximum absolute atomic E-state index is 12.1. The molecule has 4 rings (SSSR count). The van der Waals surface area contributed by atoms with E-state index in [1.165, 1.54) is 11.4 Å². The first-order valence-corrected chi connectivity index (χ1v) is 11.7. The van der Waals surface area contributed by atoms with Crippen LogP contribution in [0.5, 0.6) is 17.4 Å². The highest BCUT2D eigenvalue weighted by Crippen LogP contribution is 2.33. The molecule has 11 nitrogen and oxygen atoms in total. The molecule has 0 aliphatic carbocycles. The molecule has 1 N–H and O–H groups in total. The second kappa shape index (κ2) is 9.83. The Labute approximate surface area is 191 Å². The zero-order valence-electron chi connectivity index (χ0n) is 18.5. The van der Waals surface area contributed by atoms with E-state index in [4.69, 9.17) is 18.9 Å². The van der Waals surface area contributed by atoms with E-state index in [1.54, 1.807) is 32.7 Å². The summed E-state index contributed by atoms with van der Waals surface area (Å²) in [5.74, 6) is 1.45. The number of hydrogen-bond acceptors (Lipinski definition) is 9. The molecule has 0 bridgehead atoms.